The van der Waals surface area contributed by atoms with E-state index >= 15 is 0 Å². The molecular weight excluding hydrogens is 259 g/mol. The molecule has 0 aliphatic heterocycles. The summed E-state index contributed by atoms with van der Waals surface area (Å²) in [7, 11) is 0. The molecule has 0 aromatic heterocycles. The summed E-state index contributed by atoms with van der Waals surface area (Å²) in [5, 5.41) is 0. The summed E-state index contributed by atoms with van der Waals surface area (Å²) in [6, 6.07) is 11.5. The van der Waals surface area contributed by atoms with Gasteiger partial charge in [0.2, 0.25) is 0 Å². The third kappa shape index (κ3) is 2.95. The number of benzene rings is 2. The van der Waals surface area contributed by atoms with Crippen molar-refractivity contribution >= 4 is 5.91 Å². The molecule has 0 saturated heterocycles. The van der Waals surface area contributed by atoms with E-state index < -0.39 is 5.91 Å². The number of amides is 1. The molecule has 0 fully saturated rings. The summed E-state index contributed by atoms with van der Waals surface area (Å²) in [6.07, 6.45) is 0. The first-order valence-corrected chi connectivity index (χ1v) is 6.11. The summed E-state index contributed by atoms with van der Waals surface area (Å²) in [5.41, 5.74) is 11.8. The van der Waals surface area contributed by atoms with Gasteiger partial charge in [0.25, 0.3) is 5.91 Å². The van der Waals surface area contributed by atoms with Gasteiger partial charge in [-0.1, -0.05) is 30.3 Å². The van der Waals surface area contributed by atoms with Gasteiger partial charge >= 0.3 is 0 Å². The van der Waals surface area contributed by atoms with E-state index in [9.17, 15) is 9.18 Å². The minimum absolute atomic E-state index is 0.00394. The van der Waals surface area contributed by atoms with E-state index in [4.69, 9.17) is 16.2 Å². The molecule has 0 unspecified atom stereocenters. The Morgan fingerprint density at radius 3 is 2.50 bits per heavy atom. The van der Waals surface area contributed by atoms with Gasteiger partial charge in [0.1, 0.15) is 18.2 Å². The van der Waals surface area contributed by atoms with Gasteiger partial charge in [0, 0.05) is 17.7 Å². The first kappa shape index (κ1) is 14.0. The molecule has 4 nitrogen and oxygen atoms in total. The molecule has 0 heterocycles. The number of hydrogen-bond donors (Lipinski definition) is 2. The fourth-order valence-corrected chi connectivity index (χ4v) is 1.85. The smallest absolute Gasteiger partial charge is 0.252 e. The highest BCUT2D eigenvalue weighted by Gasteiger charge is 2.11. The number of carbonyl (C=O) groups excluding carboxylic acids is 1. The summed E-state index contributed by atoms with van der Waals surface area (Å²) in [6.45, 7) is 0.127. The van der Waals surface area contributed by atoms with Gasteiger partial charge in [-0.15, -0.1) is 0 Å². The van der Waals surface area contributed by atoms with Gasteiger partial charge in [-0.2, -0.15) is 0 Å². The molecule has 1 amide bonds. The number of halogens is 1. The zero-order valence-corrected chi connectivity index (χ0v) is 10.8. The van der Waals surface area contributed by atoms with E-state index in [1.807, 2.05) is 0 Å². The first-order chi connectivity index (χ1) is 9.63. The molecule has 2 rings (SSSR count). The molecule has 0 atom stereocenters. The highest BCUT2D eigenvalue weighted by molar-refractivity contribution is 5.95. The van der Waals surface area contributed by atoms with Crippen molar-refractivity contribution in [2.75, 3.05) is 0 Å². The maximum atomic E-state index is 14.0. The van der Waals surface area contributed by atoms with Crippen LogP contribution in [0.3, 0.4) is 0 Å². The Morgan fingerprint density at radius 1 is 1.10 bits per heavy atom. The summed E-state index contributed by atoms with van der Waals surface area (Å²) >= 11 is 0. The first-order valence-electron chi connectivity index (χ1n) is 6.11. The Hall–Kier alpha value is -2.40. The fourth-order valence-electron chi connectivity index (χ4n) is 1.85. The van der Waals surface area contributed by atoms with E-state index in [1.54, 1.807) is 42.5 Å². The van der Waals surface area contributed by atoms with Gasteiger partial charge in [-0.3, -0.25) is 4.79 Å². The highest BCUT2D eigenvalue weighted by atomic mass is 19.1. The van der Waals surface area contributed by atoms with Crippen LogP contribution in [0, 0.1) is 5.82 Å². The molecule has 0 aliphatic carbocycles. The van der Waals surface area contributed by atoms with Crippen LogP contribution in [0.15, 0.2) is 42.5 Å². The number of ether oxygens (including phenoxy) is 1. The van der Waals surface area contributed by atoms with E-state index in [1.165, 1.54) is 0 Å². The Labute approximate surface area is 116 Å². The number of para-hydroxylation sites is 1. The summed E-state index contributed by atoms with van der Waals surface area (Å²) in [4.78, 5) is 11.3. The molecule has 2 aromatic carbocycles. The predicted octanol–water partition coefficient (Wildman–Crippen LogP) is 1.96. The van der Waals surface area contributed by atoms with Gasteiger partial charge < -0.3 is 16.2 Å². The average Bonchev–Trinajstić information content (AvgIpc) is 2.46. The molecule has 104 valence electrons. The van der Waals surface area contributed by atoms with Crippen molar-refractivity contribution in [2.45, 2.75) is 13.2 Å². The van der Waals surface area contributed by atoms with Crippen LogP contribution in [0.1, 0.15) is 21.5 Å². The zero-order chi connectivity index (χ0) is 14.5. The topological polar surface area (TPSA) is 78.3 Å². The van der Waals surface area contributed by atoms with Gasteiger partial charge in [0.05, 0.1) is 5.56 Å². The van der Waals surface area contributed by atoms with Crippen molar-refractivity contribution in [1.29, 1.82) is 0 Å². The molecule has 0 aliphatic rings. The third-order valence-electron chi connectivity index (χ3n) is 2.91. The number of primary amides is 1. The maximum Gasteiger partial charge on any atom is 0.252 e. The Balaban J connectivity index is 2.19. The zero-order valence-electron chi connectivity index (χ0n) is 10.8. The summed E-state index contributed by atoms with van der Waals surface area (Å²) in [5.74, 6) is -0.638. The van der Waals surface area contributed by atoms with Crippen LogP contribution < -0.4 is 16.2 Å². The number of rotatable bonds is 5. The van der Waals surface area contributed by atoms with Crippen molar-refractivity contribution in [2.24, 2.45) is 11.5 Å². The molecule has 5 heteroatoms. The number of hydrogen-bond acceptors (Lipinski definition) is 3. The quantitative estimate of drug-likeness (QED) is 0.874. The SMILES string of the molecule is NCc1cccc(COc2ccccc2C(N)=O)c1F. The molecule has 2 aromatic rings. The molecule has 0 bridgehead atoms. The number of carbonyl (C=O) groups is 1. The molecule has 4 N–H and O–H groups in total. The standard InChI is InChI=1S/C15H15FN2O2/c16-14-10(8-17)4-3-5-11(14)9-20-13-7-2-1-6-12(13)15(18)19/h1-7H,8-9,17H2,(H2,18,19). The van der Waals surface area contributed by atoms with Crippen LogP contribution in [0.25, 0.3) is 0 Å². The largest absolute Gasteiger partial charge is 0.488 e. The van der Waals surface area contributed by atoms with Crippen molar-refractivity contribution in [3.05, 3.63) is 65.0 Å². The number of nitrogens with two attached hydrogens (primary N) is 2. The Kier molecular flexibility index (Phi) is 4.32. The molecule has 0 saturated carbocycles. The van der Waals surface area contributed by atoms with E-state index in [0.29, 0.717) is 16.9 Å². The van der Waals surface area contributed by atoms with E-state index in [-0.39, 0.29) is 24.5 Å². The maximum absolute atomic E-state index is 14.0. The van der Waals surface area contributed by atoms with Gasteiger partial charge in [-0.05, 0) is 12.1 Å². The second-order valence-corrected chi connectivity index (χ2v) is 4.24. The van der Waals surface area contributed by atoms with E-state index in [2.05, 4.69) is 0 Å². The molecule has 20 heavy (non-hydrogen) atoms. The fraction of sp³-hybridized carbons (Fsp3) is 0.133. The predicted molar refractivity (Wildman–Crippen MR) is 73.6 cm³/mol. The van der Waals surface area contributed by atoms with E-state index in [0.717, 1.165) is 0 Å². The lowest BCUT2D eigenvalue weighted by Gasteiger charge is -2.11. The second kappa shape index (κ2) is 6.16. The van der Waals surface area contributed by atoms with Crippen LogP contribution in [-0.4, -0.2) is 5.91 Å². The normalized spacial score (nSPS) is 10.3. The minimum atomic E-state index is -0.586. The monoisotopic (exact) mass is 274 g/mol. The van der Waals surface area contributed by atoms with Crippen LogP contribution in [-0.2, 0) is 13.2 Å². The lowest BCUT2D eigenvalue weighted by molar-refractivity contribution is 0.0996. The molecular formula is C15H15FN2O2. The minimum Gasteiger partial charge on any atom is -0.488 e. The van der Waals surface area contributed by atoms with Crippen molar-refractivity contribution < 1.29 is 13.9 Å². The summed E-state index contributed by atoms with van der Waals surface area (Å²) < 4.78 is 19.5. The van der Waals surface area contributed by atoms with Crippen LogP contribution >= 0.6 is 0 Å². The lowest BCUT2D eigenvalue weighted by Crippen LogP contribution is -2.13. The Morgan fingerprint density at radius 2 is 1.80 bits per heavy atom. The van der Waals surface area contributed by atoms with Crippen LogP contribution in [0.2, 0.25) is 0 Å². The van der Waals surface area contributed by atoms with Crippen molar-refractivity contribution in [3.8, 4) is 5.75 Å². The third-order valence-corrected chi connectivity index (χ3v) is 2.91. The average molecular weight is 274 g/mol. The van der Waals surface area contributed by atoms with Gasteiger partial charge in [-0.25, -0.2) is 4.39 Å². The molecule has 0 radical (unpaired) electrons. The van der Waals surface area contributed by atoms with Crippen LogP contribution in [0.4, 0.5) is 4.39 Å². The van der Waals surface area contributed by atoms with Crippen molar-refractivity contribution in [1.82, 2.24) is 0 Å². The van der Waals surface area contributed by atoms with Crippen LogP contribution in [0.5, 0.6) is 5.75 Å². The van der Waals surface area contributed by atoms with Gasteiger partial charge in [0.15, 0.2) is 0 Å². The molecule has 0 spiro atoms. The lowest BCUT2D eigenvalue weighted by atomic mass is 10.1. The Bertz CT molecular complexity index is 629. The second-order valence-electron chi connectivity index (χ2n) is 4.24. The highest BCUT2D eigenvalue weighted by Crippen LogP contribution is 2.20. The van der Waals surface area contributed by atoms with Crippen molar-refractivity contribution in [3.63, 3.8) is 0 Å².